The Bertz CT molecular complexity index is 783. The van der Waals surface area contributed by atoms with Crippen LogP contribution in [-0.2, 0) is 19.4 Å². The Morgan fingerprint density at radius 1 is 1.38 bits per heavy atom. The zero-order chi connectivity index (χ0) is 19.3. The summed E-state index contributed by atoms with van der Waals surface area (Å²) in [6.45, 7) is 1.87. The molecule has 1 aromatic carbocycles. The van der Waals surface area contributed by atoms with Crippen molar-refractivity contribution in [1.29, 1.82) is 0 Å². The molecule has 1 saturated heterocycles. The highest BCUT2D eigenvalue weighted by molar-refractivity contribution is 9.10. The minimum atomic E-state index is -3.13. The van der Waals surface area contributed by atoms with Crippen LogP contribution in [-0.4, -0.2) is 55.9 Å². The first-order valence-electron chi connectivity index (χ1n) is 8.35. The van der Waals surface area contributed by atoms with E-state index in [9.17, 15) is 22.4 Å². The third-order valence-electron chi connectivity index (χ3n) is 4.20. The lowest BCUT2D eigenvalue weighted by Crippen LogP contribution is -2.43. The predicted octanol–water partition coefficient (Wildman–Crippen LogP) is 2.56. The Labute approximate surface area is 160 Å². The lowest BCUT2D eigenvalue weighted by atomic mass is 10.2. The van der Waals surface area contributed by atoms with Crippen molar-refractivity contribution >= 4 is 37.6 Å². The van der Waals surface area contributed by atoms with Gasteiger partial charge in [-0.1, -0.05) is 13.3 Å². The summed E-state index contributed by atoms with van der Waals surface area (Å²) in [5.41, 5.74) is -0.0126. The Morgan fingerprint density at radius 3 is 2.73 bits per heavy atom. The van der Waals surface area contributed by atoms with Gasteiger partial charge >= 0.3 is 5.97 Å². The average molecular weight is 450 g/mol. The van der Waals surface area contributed by atoms with Crippen molar-refractivity contribution < 1.29 is 27.1 Å². The van der Waals surface area contributed by atoms with Gasteiger partial charge in [0.15, 0.2) is 16.4 Å². The molecule has 1 aliphatic rings. The summed E-state index contributed by atoms with van der Waals surface area (Å²) in [7, 11) is -3.13. The summed E-state index contributed by atoms with van der Waals surface area (Å²) in [5, 5.41) is 0. The van der Waals surface area contributed by atoms with Gasteiger partial charge in [-0.2, -0.15) is 0 Å². The van der Waals surface area contributed by atoms with Crippen LogP contribution in [0.25, 0.3) is 0 Å². The number of hydrogen-bond donors (Lipinski definition) is 0. The smallest absolute Gasteiger partial charge is 0.339 e. The van der Waals surface area contributed by atoms with Crippen molar-refractivity contribution in [3.8, 4) is 0 Å². The lowest BCUT2D eigenvalue weighted by molar-refractivity contribution is -0.136. The Hall–Kier alpha value is -1.48. The van der Waals surface area contributed by atoms with Crippen LogP contribution in [0.2, 0.25) is 0 Å². The molecule has 2 rings (SSSR count). The van der Waals surface area contributed by atoms with Gasteiger partial charge in [0.05, 0.1) is 17.1 Å². The van der Waals surface area contributed by atoms with E-state index in [2.05, 4.69) is 15.9 Å². The molecule has 1 heterocycles. The molecule has 1 unspecified atom stereocenters. The summed E-state index contributed by atoms with van der Waals surface area (Å²) < 4.78 is 42.1. The van der Waals surface area contributed by atoms with E-state index in [4.69, 9.17) is 4.74 Å². The Morgan fingerprint density at radius 2 is 2.12 bits per heavy atom. The molecule has 1 fully saturated rings. The van der Waals surface area contributed by atoms with E-state index >= 15 is 0 Å². The topological polar surface area (TPSA) is 80.8 Å². The highest BCUT2D eigenvalue weighted by atomic mass is 79.9. The molecule has 0 bridgehead atoms. The number of hydrogen-bond acceptors (Lipinski definition) is 5. The SMILES string of the molecule is CCCCN(C(=O)COC(=O)c1cc(F)ccc1Br)C1CCS(=O)(=O)C1. The first kappa shape index (κ1) is 20.8. The molecule has 0 saturated carbocycles. The number of nitrogens with zero attached hydrogens (tertiary/aromatic N) is 1. The highest BCUT2D eigenvalue weighted by Crippen LogP contribution is 2.20. The number of ether oxygens (including phenoxy) is 1. The monoisotopic (exact) mass is 449 g/mol. The summed E-state index contributed by atoms with van der Waals surface area (Å²) >= 11 is 3.14. The fraction of sp³-hybridized carbons (Fsp3) is 0.529. The molecular formula is C17H21BrFNO5S. The summed E-state index contributed by atoms with van der Waals surface area (Å²) in [6, 6.07) is 3.21. The Kier molecular flexibility index (Phi) is 7.16. The number of unbranched alkanes of at least 4 members (excludes halogenated alkanes) is 1. The largest absolute Gasteiger partial charge is 0.452 e. The molecule has 1 aromatic rings. The third kappa shape index (κ3) is 5.51. The number of sulfone groups is 1. The van der Waals surface area contributed by atoms with Crippen LogP contribution in [0.3, 0.4) is 0 Å². The Balaban J connectivity index is 2.02. The standard InChI is InChI=1S/C17H21BrFNO5S/c1-2-3-7-20(13-6-8-26(23,24)11-13)16(21)10-25-17(22)14-9-12(19)4-5-15(14)18/h4-5,9,13H,2-3,6-8,10-11H2,1H3. The van der Waals surface area contributed by atoms with Gasteiger partial charge in [-0.05, 0) is 47.0 Å². The number of benzene rings is 1. The predicted molar refractivity (Wildman–Crippen MR) is 98.1 cm³/mol. The number of amides is 1. The molecule has 0 spiro atoms. The van der Waals surface area contributed by atoms with E-state index in [1.165, 1.54) is 17.0 Å². The highest BCUT2D eigenvalue weighted by Gasteiger charge is 2.34. The van der Waals surface area contributed by atoms with E-state index in [1.54, 1.807) is 0 Å². The fourth-order valence-corrected chi connectivity index (χ4v) is 4.94. The molecule has 6 nitrogen and oxygen atoms in total. The van der Waals surface area contributed by atoms with Crippen molar-refractivity contribution in [2.45, 2.75) is 32.2 Å². The van der Waals surface area contributed by atoms with Gasteiger partial charge in [0.1, 0.15) is 5.82 Å². The van der Waals surface area contributed by atoms with E-state index in [0.717, 1.165) is 18.9 Å². The van der Waals surface area contributed by atoms with Gasteiger partial charge < -0.3 is 9.64 Å². The zero-order valence-electron chi connectivity index (χ0n) is 14.4. The van der Waals surface area contributed by atoms with Crippen LogP contribution >= 0.6 is 15.9 Å². The van der Waals surface area contributed by atoms with Crippen LogP contribution in [0.5, 0.6) is 0 Å². The molecular weight excluding hydrogens is 429 g/mol. The minimum absolute atomic E-state index is 0.0126. The van der Waals surface area contributed by atoms with Crippen molar-refractivity contribution in [1.82, 2.24) is 4.90 Å². The fourth-order valence-electron chi connectivity index (χ4n) is 2.80. The quantitative estimate of drug-likeness (QED) is 0.597. The molecule has 0 aliphatic carbocycles. The molecule has 144 valence electrons. The average Bonchev–Trinajstić information content (AvgIpc) is 2.94. The number of esters is 1. The van der Waals surface area contributed by atoms with Crippen molar-refractivity contribution in [2.75, 3.05) is 24.7 Å². The van der Waals surface area contributed by atoms with E-state index < -0.39 is 40.2 Å². The second kappa shape index (κ2) is 8.94. The third-order valence-corrected chi connectivity index (χ3v) is 6.64. The lowest BCUT2D eigenvalue weighted by Gasteiger charge is -2.28. The van der Waals surface area contributed by atoms with Gasteiger partial charge in [0.2, 0.25) is 0 Å². The second-order valence-corrected chi connectivity index (χ2v) is 9.28. The van der Waals surface area contributed by atoms with Gasteiger partial charge in [-0.3, -0.25) is 4.79 Å². The maximum absolute atomic E-state index is 13.3. The van der Waals surface area contributed by atoms with Gasteiger partial charge in [-0.25, -0.2) is 17.6 Å². The number of carbonyl (C=O) groups excluding carboxylic acids is 2. The summed E-state index contributed by atoms with van der Waals surface area (Å²) in [5.74, 6) is -1.86. The van der Waals surface area contributed by atoms with Crippen LogP contribution in [0.15, 0.2) is 22.7 Å². The molecule has 1 aliphatic heterocycles. The maximum atomic E-state index is 13.3. The van der Waals surface area contributed by atoms with Gasteiger partial charge in [0.25, 0.3) is 5.91 Å². The number of rotatable bonds is 7. The van der Waals surface area contributed by atoms with Crippen molar-refractivity contribution in [3.63, 3.8) is 0 Å². The van der Waals surface area contributed by atoms with Gasteiger partial charge in [0, 0.05) is 17.1 Å². The van der Waals surface area contributed by atoms with Crippen molar-refractivity contribution in [3.05, 3.63) is 34.1 Å². The first-order chi connectivity index (χ1) is 12.2. The summed E-state index contributed by atoms with van der Waals surface area (Å²) in [4.78, 5) is 26.1. The van der Waals surface area contributed by atoms with Gasteiger partial charge in [-0.15, -0.1) is 0 Å². The molecule has 0 aromatic heterocycles. The van der Waals surface area contributed by atoms with E-state index in [-0.39, 0.29) is 17.1 Å². The normalized spacial score (nSPS) is 18.5. The first-order valence-corrected chi connectivity index (χ1v) is 11.0. The van der Waals surface area contributed by atoms with Crippen molar-refractivity contribution in [2.24, 2.45) is 0 Å². The van der Waals surface area contributed by atoms with E-state index in [0.29, 0.717) is 17.4 Å². The second-order valence-electron chi connectivity index (χ2n) is 6.20. The van der Waals surface area contributed by atoms with E-state index in [1.807, 2.05) is 6.92 Å². The molecule has 0 radical (unpaired) electrons. The zero-order valence-corrected chi connectivity index (χ0v) is 16.8. The number of halogens is 2. The van der Waals surface area contributed by atoms with Crippen LogP contribution in [0.1, 0.15) is 36.5 Å². The maximum Gasteiger partial charge on any atom is 0.339 e. The number of carbonyl (C=O) groups is 2. The summed E-state index contributed by atoms with van der Waals surface area (Å²) in [6.07, 6.45) is 1.96. The van der Waals surface area contributed by atoms with Crippen LogP contribution < -0.4 is 0 Å². The minimum Gasteiger partial charge on any atom is -0.452 e. The van der Waals surface area contributed by atoms with Crippen LogP contribution in [0, 0.1) is 5.82 Å². The molecule has 26 heavy (non-hydrogen) atoms. The molecule has 1 atom stereocenters. The molecule has 9 heteroatoms. The van der Waals surface area contributed by atoms with Crippen LogP contribution in [0.4, 0.5) is 4.39 Å². The molecule has 0 N–H and O–H groups in total. The molecule has 1 amide bonds.